The lowest BCUT2D eigenvalue weighted by atomic mass is 9.63. The van der Waals surface area contributed by atoms with Crippen LogP contribution in [0.15, 0.2) is 24.3 Å². The van der Waals surface area contributed by atoms with Crippen molar-refractivity contribution in [3.63, 3.8) is 0 Å². The van der Waals surface area contributed by atoms with Crippen LogP contribution in [0.3, 0.4) is 0 Å². The van der Waals surface area contributed by atoms with Crippen molar-refractivity contribution >= 4 is 16.7 Å². The smallest absolute Gasteiger partial charge is 0.343 e. The highest BCUT2D eigenvalue weighted by atomic mass is 19.1. The molecule has 0 amide bonds. The molecule has 0 saturated heterocycles. The summed E-state index contributed by atoms with van der Waals surface area (Å²) in [5.41, 5.74) is 0.559. The number of carbonyl (C=O) groups is 1. The number of esters is 1. The van der Waals surface area contributed by atoms with E-state index in [1.807, 2.05) is 12.1 Å². The quantitative estimate of drug-likeness (QED) is 0.294. The maximum absolute atomic E-state index is 14.8. The van der Waals surface area contributed by atoms with Gasteiger partial charge in [0.1, 0.15) is 17.2 Å². The van der Waals surface area contributed by atoms with Gasteiger partial charge in [0.2, 0.25) is 0 Å². The van der Waals surface area contributed by atoms with Gasteiger partial charge in [0.05, 0.1) is 7.11 Å². The third-order valence-electron chi connectivity index (χ3n) is 8.35. The van der Waals surface area contributed by atoms with Gasteiger partial charge in [-0.3, -0.25) is 0 Å². The van der Waals surface area contributed by atoms with E-state index in [0.29, 0.717) is 11.3 Å². The number of halogens is 2. The first-order valence-electron chi connectivity index (χ1n) is 13.0. The monoisotopic (exact) mass is 456 g/mol. The fourth-order valence-corrected chi connectivity index (χ4v) is 6.48. The standard InChI is InChI=1S/C29H38F2O2/c1-3-4-5-6-7-8-19-9-10-21-16-22(12-11-20(21)15-19)23-13-14-25-24(17-23)18-26(30)27(28(25)31)29(32)33-2/h13-14,17-22H,3-12,15-16H2,1-2H3. The Morgan fingerprint density at radius 2 is 1.73 bits per heavy atom. The third-order valence-corrected chi connectivity index (χ3v) is 8.35. The van der Waals surface area contributed by atoms with Crippen LogP contribution < -0.4 is 0 Å². The number of methoxy groups -OCH3 is 1. The maximum atomic E-state index is 14.8. The van der Waals surface area contributed by atoms with Gasteiger partial charge in [-0.25, -0.2) is 13.6 Å². The molecule has 2 aliphatic rings. The Balaban J connectivity index is 1.39. The highest BCUT2D eigenvalue weighted by Crippen LogP contribution is 2.48. The summed E-state index contributed by atoms with van der Waals surface area (Å²) in [6.45, 7) is 2.27. The minimum absolute atomic E-state index is 0.272. The largest absolute Gasteiger partial charge is 0.465 e. The predicted octanol–water partition coefficient (Wildman–Crippen LogP) is 8.57. The number of benzene rings is 2. The van der Waals surface area contributed by atoms with Gasteiger partial charge in [0, 0.05) is 5.39 Å². The predicted molar refractivity (Wildman–Crippen MR) is 129 cm³/mol. The first-order valence-corrected chi connectivity index (χ1v) is 13.0. The van der Waals surface area contributed by atoms with Gasteiger partial charge in [0.15, 0.2) is 0 Å². The summed E-state index contributed by atoms with van der Waals surface area (Å²) in [5.74, 6) is 0.332. The Bertz CT molecular complexity index is 970. The van der Waals surface area contributed by atoms with Crippen LogP contribution >= 0.6 is 0 Å². The average Bonchev–Trinajstić information content (AvgIpc) is 2.83. The molecule has 2 aromatic rings. The lowest BCUT2D eigenvalue weighted by Gasteiger charge is -2.42. The van der Waals surface area contributed by atoms with Gasteiger partial charge in [-0.2, -0.15) is 0 Å². The fraction of sp³-hybridized carbons (Fsp3) is 0.621. The molecule has 0 heterocycles. The highest BCUT2D eigenvalue weighted by Gasteiger charge is 2.36. The summed E-state index contributed by atoms with van der Waals surface area (Å²) in [5, 5.41) is 0.790. The minimum Gasteiger partial charge on any atom is -0.465 e. The summed E-state index contributed by atoms with van der Waals surface area (Å²) in [6, 6.07) is 6.87. The Kier molecular flexibility index (Phi) is 8.03. The second kappa shape index (κ2) is 11.0. The molecule has 0 aliphatic heterocycles. The van der Waals surface area contributed by atoms with E-state index >= 15 is 0 Å². The first kappa shape index (κ1) is 24.2. The number of rotatable bonds is 8. The Morgan fingerprint density at radius 1 is 0.970 bits per heavy atom. The summed E-state index contributed by atoms with van der Waals surface area (Å²) in [4.78, 5) is 11.8. The topological polar surface area (TPSA) is 26.3 Å². The van der Waals surface area contributed by atoms with Crippen molar-refractivity contribution < 1.29 is 18.3 Å². The van der Waals surface area contributed by atoms with Crippen LogP contribution in [0.1, 0.15) is 106 Å². The van der Waals surface area contributed by atoms with E-state index in [0.717, 1.165) is 31.3 Å². The van der Waals surface area contributed by atoms with Crippen molar-refractivity contribution in [2.75, 3.05) is 7.11 Å². The molecule has 0 spiro atoms. The van der Waals surface area contributed by atoms with Crippen LogP contribution in [0.25, 0.3) is 10.8 Å². The zero-order valence-corrected chi connectivity index (χ0v) is 20.2. The molecular weight excluding hydrogens is 418 g/mol. The molecule has 0 radical (unpaired) electrons. The maximum Gasteiger partial charge on any atom is 0.343 e. The van der Waals surface area contributed by atoms with Crippen LogP contribution in [-0.4, -0.2) is 13.1 Å². The third kappa shape index (κ3) is 5.41. The van der Waals surface area contributed by atoms with Gasteiger partial charge in [-0.05, 0) is 72.8 Å². The van der Waals surface area contributed by atoms with Gasteiger partial charge in [-0.15, -0.1) is 0 Å². The van der Waals surface area contributed by atoms with E-state index in [-0.39, 0.29) is 5.39 Å². The number of ether oxygens (including phenoxy) is 1. The van der Waals surface area contributed by atoms with Crippen LogP contribution in [0.5, 0.6) is 0 Å². The second-order valence-electron chi connectivity index (χ2n) is 10.4. The molecule has 4 rings (SSSR count). The van der Waals surface area contributed by atoms with Crippen LogP contribution in [-0.2, 0) is 4.74 Å². The normalized spacial score (nSPS) is 25.1. The van der Waals surface area contributed by atoms with Crippen molar-refractivity contribution in [2.24, 2.45) is 17.8 Å². The summed E-state index contributed by atoms with van der Waals surface area (Å²) >= 11 is 0. The number of fused-ring (bicyclic) bond motifs is 2. The summed E-state index contributed by atoms with van der Waals surface area (Å²) in [7, 11) is 1.13. The lowest BCUT2D eigenvalue weighted by Crippen LogP contribution is -2.30. The minimum atomic E-state index is -0.981. The van der Waals surface area contributed by atoms with Crippen LogP contribution in [0.2, 0.25) is 0 Å². The highest BCUT2D eigenvalue weighted by molar-refractivity contribution is 5.96. The molecule has 2 aromatic carbocycles. The Labute approximate surface area is 197 Å². The van der Waals surface area contributed by atoms with Gasteiger partial charge in [0.25, 0.3) is 0 Å². The molecular formula is C29H38F2O2. The summed E-state index contributed by atoms with van der Waals surface area (Å²) < 4.78 is 33.8. The second-order valence-corrected chi connectivity index (χ2v) is 10.4. The molecule has 33 heavy (non-hydrogen) atoms. The molecule has 2 saturated carbocycles. The van der Waals surface area contributed by atoms with Crippen LogP contribution in [0, 0.1) is 29.4 Å². The molecule has 0 N–H and O–H groups in total. The van der Waals surface area contributed by atoms with E-state index in [4.69, 9.17) is 0 Å². The molecule has 0 bridgehead atoms. The number of unbranched alkanes of at least 4 members (excludes halogenated alkanes) is 4. The van der Waals surface area contributed by atoms with E-state index in [1.54, 1.807) is 6.07 Å². The van der Waals surface area contributed by atoms with Crippen molar-refractivity contribution in [3.05, 3.63) is 47.0 Å². The fourth-order valence-electron chi connectivity index (χ4n) is 6.48. The van der Waals surface area contributed by atoms with E-state index in [9.17, 15) is 13.6 Å². The van der Waals surface area contributed by atoms with E-state index in [2.05, 4.69) is 11.7 Å². The van der Waals surface area contributed by atoms with Crippen molar-refractivity contribution in [1.29, 1.82) is 0 Å². The van der Waals surface area contributed by atoms with Gasteiger partial charge >= 0.3 is 5.97 Å². The Morgan fingerprint density at radius 3 is 2.52 bits per heavy atom. The first-order chi connectivity index (χ1) is 16.0. The number of carbonyl (C=O) groups excluding carboxylic acids is 1. The summed E-state index contributed by atoms with van der Waals surface area (Å²) in [6.07, 6.45) is 16.0. The molecule has 4 heteroatoms. The molecule has 4 atom stereocenters. The molecule has 0 aromatic heterocycles. The zero-order valence-electron chi connectivity index (χ0n) is 20.2. The van der Waals surface area contributed by atoms with Crippen molar-refractivity contribution in [2.45, 2.75) is 89.9 Å². The molecule has 2 nitrogen and oxygen atoms in total. The van der Waals surface area contributed by atoms with E-state index in [1.165, 1.54) is 82.3 Å². The molecule has 180 valence electrons. The van der Waals surface area contributed by atoms with Crippen molar-refractivity contribution in [1.82, 2.24) is 0 Å². The molecule has 2 aliphatic carbocycles. The van der Waals surface area contributed by atoms with E-state index < -0.39 is 23.2 Å². The van der Waals surface area contributed by atoms with Crippen LogP contribution in [0.4, 0.5) is 8.78 Å². The lowest BCUT2D eigenvalue weighted by molar-refractivity contribution is 0.0590. The Hall–Kier alpha value is -1.97. The molecule has 2 fully saturated rings. The number of hydrogen-bond donors (Lipinski definition) is 0. The van der Waals surface area contributed by atoms with Crippen molar-refractivity contribution in [3.8, 4) is 0 Å². The average molecular weight is 457 g/mol. The molecule has 4 unspecified atom stereocenters. The van der Waals surface area contributed by atoms with Gasteiger partial charge < -0.3 is 4.74 Å². The SMILES string of the molecule is CCCCCCCC1CCC2CC(c3ccc4c(F)c(C(=O)OC)c(F)cc4c3)CCC2C1. The van der Waals surface area contributed by atoms with Gasteiger partial charge in [-0.1, -0.05) is 70.1 Å². The number of hydrogen-bond acceptors (Lipinski definition) is 2. The zero-order chi connectivity index (χ0) is 23.4.